The molecular weight excluding hydrogens is 591 g/mol. The Balaban J connectivity index is 1.24. The fourth-order valence-electron chi connectivity index (χ4n) is 5.98. The van der Waals surface area contributed by atoms with Gasteiger partial charge in [-0.15, -0.1) is 0 Å². The third-order valence-electron chi connectivity index (χ3n) is 8.19. The molecule has 9 heteroatoms. The molecule has 1 spiro atoms. The number of nitrogens with zero attached hydrogens (tertiary/aromatic N) is 3. The fraction of sp³-hybridized carbons (Fsp3) is 0.235. The molecule has 0 bridgehead atoms. The molecule has 2 aliphatic heterocycles. The first-order valence-corrected chi connectivity index (χ1v) is 15.3. The lowest BCUT2D eigenvalue weighted by atomic mass is 9.74. The molecule has 0 N–H and O–H groups in total. The second kappa shape index (κ2) is 12.2. The summed E-state index contributed by atoms with van der Waals surface area (Å²) in [4.78, 5) is 24.2. The lowest BCUT2D eigenvalue weighted by Gasteiger charge is -2.39. The van der Waals surface area contributed by atoms with Crippen LogP contribution in [0.5, 0.6) is 0 Å². The fourth-order valence-corrected chi connectivity index (χ4v) is 7.09. The van der Waals surface area contributed by atoms with E-state index in [0.29, 0.717) is 29.9 Å². The van der Waals surface area contributed by atoms with Crippen molar-refractivity contribution in [1.29, 1.82) is 0 Å². The standard InChI is InChI=1S/C34H29ClF3N3OS/c1-22-17-24(19-32(35)39-22)33(42)41-21-34(28-20-27(9-11-31(28)41)43-26-7-5-25(36)6-8-26)12-15-40(16-13-34)14-2-3-23-4-10-29(37)30(38)18-23/h2-11,17-20H,12-16,21H2,1H3/b3-2+. The second-order valence-corrected chi connectivity index (χ2v) is 12.6. The number of benzene rings is 3. The van der Waals surface area contributed by atoms with Crippen LogP contribution in [0.25, 0.3) is 6.08 Å². The number of hydrogen-bond donors (Lipinski definition) is 0. The van der Waals surface area contributed by atoms with Gasteiger partial charge in [0.15, 0.2) is 11.6 Å². The minimum absolute atomic E-state index is 0.110. The normalized spacial score (nSPS) is 16.3. The number of fused-ring (bicyclic) bond motifs is 2. The van der Waals surface area contributed by atoms with Crippen molar-refractivity contribution in [3.8, 4) is 0 Å². The molecular formula is C34H29ClF3N3OS. The maximum atomic E-state index is 13.9. The van der Waals surface area contributed by atoms with Gasteiger partial charge < -0.3 is 4.90 Å². The van der Waals surface area contributed by atoms with Gasteiger partial charge >= 0.3 is 0 Å². The number of halogens is 4. The zero-order chi connectivity index (χ0) is 30.1. The molecule has 0 aliphatic carbocycles. The van der Waals surface area contributed by atoms with Gasteiger partial charge in [0.2, 0.25) is 0 Å². The Hall–Kier alpha value is -3.59. The second-order valence-electron chi connectivity index (χ2n) is 11.1. The Morgan fingerprint density at radius 1 is 0.953 bits per heavy atom. The zero-order valence-corrected chi connectivity index (χ0v) is 25.1. The predicted molar refractivity (Wildman–Crippen MR) is 165 cm³/mol. The Morgan fingerprint density at radius 3 is 2.42 bits per heavy atom. The van der Waals surface area contributed by atoms with Crippen molar-refractivity contribution in [2.45, 2.75) is 35.0 Å². The van der Waals surface area contributed by atoms with E-state index in [9.17, 15) is 18.0 Å². The summed E-state index contributed by atoms with van der Waals surface area (Å²) in [6.07, 6.45) is 5.47. The molecule has 43 heavy (non-hydrogen) atoms. The van der Waals surface area contributed by atoms with Gasteiger partial charge in [-0.1, -0.05) is 41.6 Å². The molecule has 4 aromatic rings. The van der Waals surface area contributed by atoms with E-state index >= 15 is 0 Å². The van der Waals surface area contributed by atoms with Gasteiger partial charge in [-0.3, -0.25) is 9.69 Å². The Morgan fingerprint density at radius 2 is 1.70 bits per heavy atom. The summed E-state index contributed by atoms with van der Waals surface area (Å²) in [7, 11) is 0. The minimum atomic E-state index is -0.859. The van der Waals surface area contributed by atoms with Gasteiger partial charge in [-0.2, -0.15) is 0 Å². The molecule has 1 fully saturated rings. The first kappa shape index (κ1) is 29.5. The number of carbonyl (C=O) groups is 1. The molecule has 4 nitrogen and oxygen atoms in total. The molecule has 3 heterocycles. The van der Waals surface area contributed by atoms with Crippen molar-refractivity contribution < 1.29 is 18.0 Å². The highest BCUT2D eigenvalue weighted by Crippen LogP contribution is 2.49. The maximum absolute atomic E-state index is 13.9. The summed E-state index contributed by atoms with van der Waals surface area (Å²) in [5.41, 5.74) is 3.61. The topological polar surface area (TPSA) is 36.4 Å². The van der Waals surface area contributed by atoms with E-state index in [0.717, 1.165) is 53.0 Å². The van der Waals surface area contributed by atoms with E-state index in [1.165, 1.54) is 18.2 Å². The van der Waals surface area contributed by atoms with Crippen molar-refractivity contribution in [1.82, 2.24) is 9.88 Å². The van der Waals surface area contributed by atoms with Crippen LogP contribution in [-0.2, 0) is 5.41 Å². The summed E-state index contributed by atoms with van der Waals surface area (Å²) in [5, 5.41) is 0.285. The number of pyridine rings is 1. The number of amides is 1. The van der Waals surface area contributed by atoms with Crippen molar-refractivity contribution in [2.24, 2.45) is 0 Å². The number of aromatic nitrogens is 1. The summed E-state index contributed by atoms with van der Waals surface area (Å²) in [5.74, 6) is -2.10. The van der Waals surface area contributed by atoms with Crippen molar-refractivity contribution in [3.05, 3.63) is 124 Å². The van der Waals surface area contributed by atoms with Gasteiger partial charge in [0.25, 0.3) is 5.91 Å². The van der Waals surface area contributed by atoms with E-state index in [1.54, 1.807) is 48.2 Å². The Labute approximate surface area is 258 Å². The van der Waals surface area contributed by atoms with E-state index in [2.05, 4.69) is 16.0 Å². The molecule has 1 saturated heterocycles. The molecule has 0 radical (unpaired) electrons. The van der Waals surface area contributed by atoms with Crippen LogP contribution in [0.2, 0.25) is 5.15 Å². The van der Waals surface area contributed by atoms with Crippen molar-refractivity contribution in [3.63, 3.8) is 0 Å². The Bertz CT molecular complexity index is 1680. The molecule has 3 aromatic carbocycles. The van der Waals surface area contributed by atoms with Crippen LogP contribution >= 0.6 is 23.4 Å². The van der Waals surface area contributed by atoms with E-state index in [4.69, 9.17) is 11.6 Å². The van der Waals surface area contributed by atoms with Gasteiger partial charge in [0, 0.05) is 45.2 Å². The average molecular weight is 620 g/mol. The molecule has 6 rings (SSSR count). The summed E-state index contributed by atoms with van der Waals surface area (Å²) in [6, 6.07) is 19.9. The highest BCUT2D eigenvalue weighted by molar-refractivity contribution is 7.99. The lowest BCUT2D eigenvalue weighted by Crippen LogP contribution is -2.46. The lowest BCUT2D eigenvalue weighted by molar-refractivity contribution is 0.0977. The van der Waals surface area contributed by atoms with Gasteiger partial charge in [-0.25, -0.2) is 18.2 Å². The maximum Gasteiger partial charge on any atom is 0.258 e. The molecule has 1 aromatic heterocycles. The third kappa shape index (κ3) is 6.37. The van der Waals surface area contributed by atoms with Crippen LogP contribution in [0, 0.1) is 24.4 Å². The highest BCUT2D eigenvalue weighted by atomic mass is 35.5. The monoisotopic (exact) mass is 619 g/mol. The third-order valence-corrected chi connectivity index (χ3v) is 9.38. The van der Waals surface area contributed by atoms with Crippen molar-refractivity contribution in [2.75, 3.05) is 31.1 Å². The number of piperidine rings is 1. The first-order valence-electron chi connectivity index (χ1n) is 14.1. The summed E-state index contributed by atoms with van der Waals surface area (Å²) in [6.45, 7) is 4.69. The van der Waals surface area contributed by atoms with Crippen LogP contribution in [0.4, 0.5) is 18.9 Å². The number of likely N-dealkylation sites (tertiary alicyclic amines) is 1. The molecule has 2 aliphatic rings. The Kier molecular flexibility index (Phi) is 8.36. The van der Waals surface area contributed by atoms with Crippen molar-refractivity contribution >= 4 is 41.0 Å². The number of rotatable bonds is 6. The molecule has 220 valence electrons. The largest absolute Gasteiger partial charge is 0.307 e. The van der Waals surface area contributed by atoms with Gasteiger partial charge in [-0.05, 0) is 111 Å². The summed E-state index contributed by atoms with van der Waals surface area (Å²) >= 11 is 7.77. The van der Waals surface area contributed by atoms with Gasteiger partial charge in [0.05, 0.1) is 0 Å². The van der Waals surface area contributed by atoms with Crippen LogP contribution in [0.15, 0.2) is 88.7 Å². The SMILES string of the molecule is Cc1cc(C(=O)N2CC3(CCN(C/C=C/c4ccc(F)c(F)c4)CC3)c3cc(Sc4ccc(F)cc4)ccc32)cc(Cl)n1. The van der Waals surface area contributed by atoms with Crippen LogP contribution < -0.4 is 4.90 Å². The average Bonchev–Trinajstić information content (AvgIpc) is 3.29. The van der Waals surface area contributed by atoms with Crippen LogP contribution in [0.1, 0.15) is 40.0 Å². The highest BCUT2D eigenvalue weighted by Gasteiger charge is 2.46. The number of aryl methyl sites for hydroxylation is 1. The first-order chi connectivity index (χ1) is 20.7. The number of carbonyl (C=O) groups excluding carboxylic acids is 1. The zero-order valence-electron chi connectivity index (χ0n) is 23.5. The van der Waals surface area contributed by atoms with E-state index in [1.807, 2.05) is 30.0 Å². The van der Waals surface area contributed by atoms with E-state index in [-0.39, 0.29) is 22.3 Å². The van der Waals surface area contributed by atoms with Crippen LogP contribution in [-0.4, -0.2) is 42.0 Å². The molecule has 0 saturated carbocycles. The quantitative estimate of drug-likeness (QED) is 0.203. The smallest absolute Gasteiger partial charge is 0.258 e. The number of anilines is 1. The van der Waals surface area contributed by atoms with E-state index < -0.39 is 11.6 Å². The van der Waals surface area contributed by atoms with Gasteiger partial charge in [0.1, 0.15) is 11.0 Å². The molecule has 0 unspecified atom stereocenters. The molecule has 1 amide bonds. The van der Waals surface area contributed by atoms with Crippen LogP contribution in [0.3, 0.4) is 0 Å². The molecule has 0 atom stereocenters. The predicted octanol–water partition coefficient (Wildman–Crippen LogP) is 8.32. The number of hydrogen-bond acceptors (Lipinski definition) is 4. The minimum Gasteiger partial charge on any atom is -0.307 e. The summed E-state index contributed by atoms with van der Waals surface area (Å²) < 4.78 is 40.3.